The summed E-state index contributed by atoms with van der Waals surface area (Å²) in [7, 11) is 0. The fourth-order valence-electron chi connectivity index (χ4n) is 3.24. The van der Waals surface area contributed by atoms with Crippen molar-refractivity contribution < 1.29 is 9.59 Å². The van der Waals surface area contributed by atoms with E-state index >= 15 is 0 Å². The number of allylic oxidation sites excluding steroid dienone is 1. The van der Waals surface area contributed by atoms with E-state index in [-0.39, 0.29) is 11.6 Å². The molecular weight excluding hydrogens is 358 g/mol. The van der Waals surface area contributed by atoms with Gasteiger partial charge in [-0.3, -0.25) is 9.59 Å². The van der Waals surface area contributed by atoms with Gasteiger partial charge in [0.05, 0.1) is 11.3 Å². The smallest absolute Gasteiger partial charge is 0.196 e. The summed E-state index contributed by atoms with van der Waals surface area (Å²) in [5.74, 6) is -0.000197. The van der Waals surface area contributed by atoms with E-state index in [9.17, 15) is 9.59 Å². The van der Waals surface area contributed by atoms with Gasteiger partial charge >= 0.3 is 0 Å². The van der Waals surface area contributed by atoms with Gasteiger partial charge in [-0.1, -0.05) is 48.0 Å². The Morgan fingerprint density at radius 3 is 2.11 bits per heavy atom. The quantitative estimate of drug-likeness (QED) is 0.595. The van der Waals surface area contributed by atoms with Crippen LogP contribution in [0.1, 0.15) is 38.8 Å². The van der Waals surface area contributed by atoms with E-state index in [1.54, 1.807) is 24.3 Å². The Morgan fingerprint density at radius 1 is 0.852 bits per heavy atom. The van der Waals surface area contributed by atoms with Crippen molar-refractivity contribution in [1.82, 2.24) is 0 Å². The number of carbonyl (C=O) groups excluding carboxylic acids is 2. The predicted molar refractivity (Wildman–Crippen MR) is 109 cm³/mol. The normalized spacial score (nSPS) is 12.9. The third-order valence-corrected chi connectivity index (χ3v) is 4.86. The molecule has 0 saturated carbocycles. The Morgan fingerprint density at radius 2 is 1.48 bits per heavy atom. The van der Waals surface area contributed by atoms with E-state index in [1.807, 2.05) is 48.5 Å². The van der Waals surface area contributed by atoms with Crippen LogP contribution in [0, 0.1) is 0 Å². The minimum Gasteiger partial charge on any atom is -0.354 e. The molecule has 3 aromatic carbocycles. The molecule has 0 bridgehead atoms. The molecule has 0 saturated heterocycles. The first-order valence-corrected chi connectivity index (χ1v) is 8.95. The SMILES string of the molecule is CC(=O)c1ccc(NC2=C(c3ccc(Cl)cc3)C(=O)c3ccccc32)cc1. The van der Waals surface area contributed by atoms with Gasteiger partial charge < -0.3 is 5.32 Å². The number of fused-ring (bicyclic) bond motifs is 1. The second-order valence-electron chi connectivity index (χ2n) is 6.39. The summed E-state index contributed by atoms with van der Waals surface area (Å²) in [5.41, 5.74) is 5.18. The first kappa shape index (κ1) is 17.3. The van der Waals surface area contributed by atoms with Crippen LogP contribution in [0.4, 0.5) is 5.69 Å². The van der Waals surface area contributed by atoms with E-state index < -0.39 is 0 Å². The highest BCUT2D eigenvalue weighted by Crippen LogP contribution is 2.39. The fourth-order valence-corrected chi connectivity index (χ4v) is 3.36. The summed E-state index contributed by atoms with van der Waals surface area (Å²) in [5, 5.41) is 3.99. The molecule has 0 fully saturated rings. The van der Waals surface area contributed by atoms with Gasteiger partial charge in [0.1, 0.15) is 0 Å². The second kappa shape index (κ2) is 6.86. The van der Waals surface area contributed by atoms with Gasteiger partial charge in [-0.15, -0.1) is 0 Å². The van der Waals surface area contributed by atoms with Crippen LogP contribution in [0.2, 0.25) is 5.02 Å². The number of hydrogen-bond donors (Lipinski definition) is 1. The van der Waals surface area contributed by atoms with Gasteiger partial charge in [-0.05, 0) is 48.9 Å². The largest absolute Gasteiger partial charge is 0.354 e. The lowest BCUT2D eigenvalue weighted by atomic mass is 10.0. The summed E-state index contributed by atoms with van der Waals surface area (Å²) < 4.78 is 0. The third-order valence-electron chi connectivity index (χ3n) is 4.61. The molecule has 3 nitrogen and oxygen atoms in total. The van der Waals surface area contributed by atoms with E-state index in [0.717, 1.165) is 22.5 Å². The van der Waals surface area contributed by atoms with Gasteiger partial charge in [0, 0.05) is 27.4 Å². The summed E-state index contributed by atoms with van der Waals surface area (Å²) in [6.07, 6.45) is 0. The van der Waals surface area contributed by atoms with Crippen LogP contribution in [0.5, 0.6) is 0 Å². The second-order valence-corrected chi connectivity index (χ2v) is 6.83. The molecule has 3 aromatic rings. The van der Waals surface area contributed by atoms with Crippen molar-refractivity contribution in [2.75, 3.05) is 5.32 Å². The Bertz CT molecular complexity index is 1080. The maximum absolute atomic E-state index is 13.1. The molecular formula is C23H16ClNO2. The number of hydrogen-bond acceptors (Lipinski definition) is 3. The predicted octanol–water partition coefficient (Wildman–Crippen LogP) is 5.72. The van der Waals surface area contributed by atoms with Crippen molar-refractivity contribution in [3.8, 4) is 0 Å². The molecule has 132 valence electrons. The van der Waals surface area contributed by atoms with E-state index in [4.69, 9.17) is 11.6 Å². The molecule has 4 rings (SSSR count). The van der Waals surface area contributed by atoms with Crippen LogP contribution in [-0.2, 0) is 0 Å². The summed E-state index contributed by atoms with van der Waals surface area (Å²) in [6, 6.07) is 22.0. The average molecular weight is 374 g/mol. The molecule has 0 amide bonds. The van der Waals surface area contributed by atoms with Gasteiger partial charge in [0.25, 0.3) is 0 Å². The minimum atomic E-state index is -0.0178. The van der Waals surface area contributed by atoms with Gasteiger partial charge in [0.2, 0.25) is 0 Å². The highest BCUT2D eigenvalue weighted by Gasteiger charge is 2.30. The van der Waals surface area contributed by atoms with Gasteiger partial charge in [-0.25, -0.2) is 0 Å². The lowest BCUT2D eigenvalue weighted by molar-refractivity contribution is 0.101. The lowest BCUT2D eigenvalue weighted by Gasteiger charge is -2.12. The number of nitrogens with one attached hydrogen (secondary N) is 1. The Hall–Kier alpha value is -3.17. The van der Waals surface area contributed by atoms with Crippen molar-refractivity contribution in [2.45, 2.75) is 6.92 Å². The number of Topliss-reactive ketones (excluding diaryl/α,β-unsaturated/α-hetero) is 2. The van der Waals surface area contributed by atoms with Crippen molar-refractivity contribution >= 4 is 40.1 Å². The molecule has 1 aliphatic carbocycles. The Kier molecular flexibility index (Phi) is 4.38. The number of rotatable bonds is 4. The van der Waals surface area contributed by atoms with E-state index in [0.29, 0.717) is 21.7 Å². The van der Waals surface area contributed by atoms with Crippen molar-refractivity contribution in [3.05, 3.63) is 100 Å². The van der Waals surface area contributed by atoms with E-state index in [1.165, 1.54) is 6.92 Å². The number of halogens is 1. The topological polar surface area (TPSA) is 46.2 Å². The number of benzene rings is 3. The molecule has 0 atom stereocenters. The zero-order valence-electron chi connectivity index (χ0n) is 14.6. The lowest BCUT2D eigenvalue weighted by Crippen LogP contribution is -2.01. The van der Waals surface area contributed by atoms with Crippen LogP contribution >= 0.6 is 11.6 Å². The Labute approximate surface area is 162 Å². The average Bonchev–Trinajstić information content (AvgIpc) is 2.95. The van der Waals surface area contributed by atoms with Crippen LogP contribution < -0.4 is 5.32 Å². The standard InChI is InChI=1S/C23H16ClNO2/c1-14(26)15-8-12-18(13-9-15)25-22-19-4-2-3-5-20(19)23(27)21(22)16-6-10-17(24)11-7-16/h2-13,25H,1H3. The number of carbonyl (C=O) groups is 2. The number of anilines is 1. The van der Waals surface area contributed by atoms with Crippen LogP contribution in [0.15, 0.2) is 72.8 Å². The van der Waals surface area contributed by atoms with Crippen LogP contribution in [0.25, 0.3) is 11.3 Å². The van der Waals surface area contributed by atoms with Crippen molar-refractivity contribution in [2.24, 2.45) is 0 Å². The molecule has 0 aromatic heterocycles. The molecule has 0 radical (unpaired) electrons. The maximum atomic E-state index is 13.1. The molecule has 0 aliphatic heterocycles. The Balaban J connectivity index is 1.82. The van der Waals surface area contributed by atoms with Crippen molar-refractivity contribution in [1.29, 1.82) is 0 Å². The molecule has 0 unspecified atom stereocenters. The third kappa shape index (κ3) is 3.18. The monoisotopic (exact) mass is 373 g/mol. The highest BCUT2D eigenvalue weighted by atomic mass is 35.5. The molecule has 4 heteroatoms. The van der Waals surface area contributed by atoms with Gasteiger partial charge in [-0.2, -0.15) is 0 Å². The maximum Gasteiger partial charge on any atom is 0.196 e. The molecule has 1 N–H and O–H groups in total. The fraction of sp³-hybridized carbons (Fsp3) is 0.0435. The molecule has 0 spiro atoms. The molecule has 0 heterocycles. The summed E-state index contributed by atoms with van der Waals surface area (Å²) in [4.78, 5) is 24.5. The summed E-state index contributed by atoms with van der Waals surface area (Å²) >= 11 is 6.01. The van der Waals surface area contributed by atoms with Crippen LogP contribution in [-0.4, -0.2) is 11.6 Å². The number of ketones is 2. The zero-order valence-corrected chi connectivity index (χ0v) is 15.4. The molecule has 27 heavy (non-hydrogen) atoms. The highest BCUT2D eigenvalue weighted by molar-refractivity contribution is 6.40. The van der Waals surface area contributed by atoms with Crippen LogP contribution in [0.3, 0.4) is 0 Å². The van der Waals surface area contributed by atoms with E-state index in [2.05, 4.69) is 5.32 Å². The zero-order chi connectivity index (χ0) is 19.0. The van der Waals surface area contributed by atoms with Crippen molar-refractivity contribution in [3.63, 3.8) is 0 Å². The summed E-state index contributed by atoms with van der Waals surface area (Å²) in [6.45, 7) is 1.54. The first-order valence-electron chi connectivity index (χ1n) is 8.57. The molecule has 1 aliphatic rings. The van der Waals surface area contributed by atoms with Gasteiger partial charge in [0.15, 0.2) is 11.6 Å². The first-order chi connectivity index (χ1) is 13.0. The minimum absolute atomic E-state index is 0.0176.